The molecule has 2 aromatic rings. The molecule has 0 aliphatic heterocycles. The van der Waals surface area contributed by atoms with Gasteiger partial charge in [-0.2, -0.15) is 0 Å². The van der Waals surface area contributed by atoms with Gasteiger partial charge in [-0.1, -0.05) is 55.8 Å². The van der Waals surface area contributed by atoms with Gasteiger partial charge in [0.05, 0.1) is 6.10 Å². The number of allylic oxidation sites excluding steroid dienone is 2. The summed E-state index contributed by atoms with van der Waals surface area (Å²) >= 11 is 1.78. The van der Waals surface area contributed by atoms with Crippen molar-refractivity contribution in [3.63, 3.8) is 0 Å². The normalized spacial score (nSPS) is 39.1. The van der Waals surface area contributed by atoms with Crippen molar-refractivity contribution in [2.45, 2.75) is 64.9 Å². The van der Waals surface area contributed by atoms with E-state index in [1.807, 2.05) is 6.07 Å². The highest BCUT2D eigenvalue weighted by Crippen LogP contribution is 2.64. The van der Waals surface area contributed by atoms with E-state index in [1.54, 1.807) is 11.3 Å². The van der Waals surface area contributed by atoms with Gasteiger partial charge in [-0.25, -0.2) is 0 Å². The molecule has 172 valence electrons. The van der Waals surface area contributed by atoms with Gasteiger partial charge >= 0.3 is 0 Å². The second-order valence-electron chi connectivity index (χ2n) is 11.4. The summed E-state index contributed by atoms with van der Waals surface area (Å²) in [6.07, 6.45) is 11.5. The van der Waals surface area contributed by atoms with E-state index in [0.717, 1.165) is 50.5 Å². The molecule has 0 unspecified atom stereocenters. The van der Waals surface area contributed by atoms with E-state index in [9.17, 15) is 9.90 Å². The van der Waals surface area contributed by atoms with Crippen molar-refractivity contribution in [1.82, 2.24) is 0 Å². The quantitative estimate of drug-likeness (QED) is 0.379. The highest BCUT2D eigenvalue weighted by Gasteiger charge is 2.59. The Labute approximate surface area is 201 Å². The molecule has 1 N–H and O–H groups in total. The first-order chi connectivity index (χ1) is 15.9. The third kappa shape index (κ3) is 3.34. The maximum absolute atomic E-state index is 13.7. The highest BCUT2D eigenvalue weighted by molar-refractivity contribution is 7.16. The second kappa shape index (κ2) is 7.78. The maximum atomic E-state index is 13.7. The molecule has 1 aromatic heterocycles. The van der Waals surface area contributed by atoms with Crippen LogP contribution in [0.3, 0.4) is 0 Å². The van der Waals surface area contributed by atoms with E-state index in [4.69, 9.17) is 0 Å². The molecule has 0 bridgehead atoms. The Morgan fingerprint density at radius 1 is 0.970 bits per heavy atom. The van der Waals surface area contributed by atoms with Crippen LogP contribution in [-0.4, -0.2) is 17.0 Å². The van der Waals surface area contributed by atoms with E-state index in [2.05, 4.69) is 62.4 Å². The van der Waals surface area contributed by atoms with Gasteiger partial charge < -0.3 is 5.11 Å². The first-order valence-corrected chi connectivity index (χ1v) is 13.5. The van der Waals surface area contributed by atoms with Crippen molar-refractivity contribution in [2.24, 2.45) is 28.6 Å². The Kier molecular flexibility index (Phi) is 5.08. The van der Waals surface area contributed by atoms with Crippen molar-refractivity contribution in [3.8, 4) is 10.4 Å². The van der Waals surface area contributed by atoms with Crippen molar-refractivity contribution in [3.05, 3.63) is 64.6 Å². The molecule has 3 saturated carbocycles. The number of rotatable bonds is 2. The van der Waals surface area contributed by atoms with Crippen LogP contribution in [0.25, 0.3) is 16.5 Å². The molecular weight excluding hydrogens is 424 g/mol. The van der Waals surface area contributed by atoms with E-state index >= 15 is 0 Å². The van der Waals surface area contributed by atoms with Gasteiger partial charge in [0.25, 0.3) is 0 Å². The smallest absolute Gasteiger partial charge is 0.165 e. The van der Waals surface area contributed by atoms with Crippen molar-refractivity contribution < 1.29 is 9.90 Å². The fourth-order valence-electron chi connectivity index (χ4n) is 7.80. The lowest BCUT2D eigenvalue weighted by Gasteiger charge is -2.56. The molecule has 4 aliphatic rings. The van der Waals surface area contributed by atoms with E-state index in [-0.39, 0.29) is 16.9 Å². The lowest BCUT2D eigenvalue weighted by atomic mass is 9.48. The third-order valence-corrected chi connectivity index (χ3v) is 10.8. The lowest BCUT2D eigenvalue weighted by Crippen LogP contribution is -2.50. The standard InChI is InChI=1S/C30H34O2S/c1-29-14-12-22(31)18-21(29)8-10-24-25(29)13-15-30(2)26(24)17-20(28(30)32)16-23-9-11-27(33-23)19-6-4-3-5-7-19/h3-9,11,16,22,24-26,31H,10,12-15,17-18H2,1-2H3/b20-16+/t22-,24-,25+,26+,29-,30-/m0/s1. The van der Waals surface area contributed by atoms with Crippen LogP contribution in [0, 0.1) is 28.6 Å². The number of benzene rings is 1. The molecule has 0 saturated heterocycles. The topological polar surface area (TPSA) is 37.3 Å². The Bertz CT molecular complexity index is 1140. The largest absolute Gasteiger partial charge is 0.393 e. The molecule has 6 atom stereocenters. The molecule has 6 rings (SSSR count). The summed E-state index contributed by atoms with van der Waals surface area (Å²) in [4.78, 5) is 16.2. The van der Waals surface area contributed by atoms with E-state index in [1.165, 1.54) is 20.9 Å². The Hall–Kier alpha value is -1.97. The molecule has 33 heavy (non-hydrogen) atoms. The van der Waals surface area contributed by atoms with Crippen LogP contribution in [-0.2, 0) is 4.79 Å². The summed E-state index contributed by atoms with van der Waals surface area (Å²) in [6, 6.07) is 14.9. The van der Waals surface area contributed by atoms with Crippen molar-refractivity contribution in [1.29, 1.82) is 0 Å². The lowest BCUT2D eigenvalue weighted by molar-refractivity contribution is -0.130. The van der Waals surface area contributed by atoms with Crippen LogP contribution in [0.2, 0.25) is 0 Å². The number of Topliss-reactive ketones (excluding diaryl/α,β-unsaturated/α-hetero) is 1. The van der Waals surface area contributed by atoms with E-state index < -0.39 is 0 Å². The fraction of sp³-hybridized carbons (Fsp3) is 0.500. The zero-order chi connectivity index (χ0) is 22.8. The molecule has 4 aliphatic carbocycles. The molecule has 0 radical (unpaired) electrons. The minimum atomic E-state index is -0.206. The van der Waals surface area contributed by atoms with Crippen LogP contribution in [0.15, 0.2) is 59.7 Å². The number of thiophene rings is 1. The summed E-state index contributed by atoms with van der Waals surface area (Å²) in [5.74, 6) is 2.09. The molecule has 3 fully saturated rings. The first kappa shape index (κ1) is 21.6. The van der Waals surface area contributed by atoms with Gasteiger partial charge in [0.2, 0.25) is 0 Å². The Morgan fingerprint density at radius 3 is 2.58 bits per heavy atom. The van der Waals surface area contributed by atoms with Gasteiger partial charge in [-0.3, -0.25) is 4.79 Å². The minimum absolute atomic E-state index is 0.163. The van der Waals surface area contributed by atoms with Crippen LogP contribution in [0.5, 0.6) is 0 Å². The zero-order valence-electron chi connectivity index (χ0n) is 19.7. The Morgan fingerprint density at radius 2 is 1.76 bits per heavy atom. The molecular formula is C30H34O2S. The highest BCUT2D eigenvalue weighted by atomic mass is 32.1. The van der Waals surface area contributed by atoms with Crippen LogP contribution in [0.4, 0.5) is 0 Å². The number of hydrogen-bond acceptors (Lipinski definition) is 3. The number of carbonyl (C=O) groups is 1. The Balaban J connectivity index is 1.29. The van der Waals surface area contributed by atoms with E-state index in [0.29, 0.717) is 23.5 Å². The number of hydrogen-bond donors (Lipinski definition) is 1. The van der Waals surface area contributed by atoms with Gasteiger partial charge in [-0.15, -0.1) is 11.3 Å². The van der Waals surface area contributed by atoms with Gasteiger partial charge in [0, 0.05) is 15.2 Å². The zero-order valence-corrected chi connectivity index (χ0v) is 20.5. The van der Waals surface area contributed by atoms with Crippen LogP contribution in [0.1, 0.15) is 63.7 Å². The van der Waals surface area contributed by atoms with Crippen molar-refractivity contribution >= 4 is 23.2 Å². The molecule has 0 amide bonds. The second-order valence-corrected chi connectivity index (χ2v) is 12.5. The summed E-state index contributed by atoms with van der Waals surface area (Å²) in [5, 5.41) is 10.2. The average molecular weight is 459 g/mol. The average Bonchev–Trinajstić information content (AvgIpc) is 3.38. The first-order valence-electron chi connectivity index (χ1n) is 12.7. The number of fused-ring (bicyclic) bond motifs is 5. The predicted molar refractivity (Wildman–Crippen MR) is 136 cm³/mol. The third-order valence-electron chi connectivity index (χ3n) is 9.72. The molecule has 0 spiro atoms. The number of carbonyl (C=O) groups excluding carboxylic acids is 1. The maximum Gasteiger partial charge on any atom is 0.165 e. The minimum Gasteiger partial charge on any atom is -0.393 e. The summed E-state index contributed by atoms with van der Waals surface area (Å²) in [7, 11) is 0. The van der Waals surface area contributed by atoms with Gasteiger partial charge in [0.1, 0.15) is 0 Å². The summed E-state index contributed by atoms with van der Waals surface area (Å²) in [6.45, 7) is 4.71. The van der Waals surface area contributed by atoms with Crippen LogP contribution < -0.4 is 0 Å². The van der Waals surface area contributed by atoms with Crippen LogP contribution >= 0.6 is 11.3 Å². The number of aliphatic hydroxyl groups is 1. The number of ketones is 1. The van der Waals surface area contributed by atoms with Crippen molar-refractivity contribution in [2.75, 3.05) is 0 Å². The fourth-order valence-corrected chi connectivity index (χ4v) is 8.78. The molecule has 1 heterocycles. The summed E-state index contributed by atoms with van der Waals surface area (Å²) in [5.41, 5.74) is 3.80. The predicted octanol–water partition coefficient (Wildman–Crippen LogP) is 7.30. The van der Waals surface area contributed by atoms with Gasteiger partial charge in [0.15, 0.2) is 5.78 Å². The molecule has 2 nitrogen and oxygen atoms in total. The molecule has 3 heteroatoms. The summed E-state index contributed by atoms with van der Waals surface area (Å²) < 4.78 is 0. The molecule has 1 aromatic carbocycles. The van der Waals surface area contributed by atoms with Gasteiger partial charge in [-0.05, 0) is 97.5 Å². The monoisotopic (exact) mass is 458 g/mol. The SMILES string of the molecule is C[C@]12CC[C@H](O)CC1=CC[C@H]1[C@H]2CC[C@]2(C)C(=O)/C(=C/c3ccc(-c4ccccc4)s3)C[C@H]12. The number of aliphatic hydroxyl groups excluding tert-OH is 1.